The smallest absolute Gasteiger partial charge is 0.241 e. The van der Waals surface area contributed by atoms with Crippen molar-refractivity contribution < 1.29 is 9.53 Å². The predicted octanol–water partition coefficient (Wildman–Crippen LogP) is 3.15. The number of carbonyl (C=O) groups is 1. The van der Waals surface area contributed by atoms with Crippen molar-refractivity contribution in [1.82, 2.24) is 4.90 Å². The zero-order valence-corrected chi connectivity index (χ0v) is 15.6. The van der Waals surface area contributed by atoms with Gasteiger partial charge < -0.3 is 19.9 Å². The highest BCUT2D eigenvalue weighted by Gasteiger charge is 2.21. The largest absolute Gasteiger partial charge is 0.494 e. The summed E-state index contributed by atoms with van der Waals surface area (Å²) in [5.74, 6) is 0.986. The lowest BCUT2D eigenvalue weighted by Gasteiger charge is -2.36. The second-order valence-corrected chi connectivity index (χ2v) is 6.52. The lowest BCUT2D eigenvalue weighted by Crippen LogP contribution is -2.50. The first-order chi connectivity index (χ1) is 12.7. The second kappa shape index (κ2) is 8.61. The van der Waals surface area contributed by atoms with Gasteiger partial charge in [-0.3, -0.25) is 4.79 Å². The van der Waals surface area contributed by atoms with E-state index < -0.39 is 0 Å². The van der Waals surface area contributed by atoms with Crippen LogP contribution in [0, 0.1) is 6.92 Å². The topological polar surface area (TPSA) is 44.8 Å². The first-order valence-corrected chi connectivity index (χ1v) is 9.22. The van der Waals surface area contributed by atoms with Crippen molar-refractivity contribution in [1.29, 1.82) is 0 Å². The van der Waals surface area contributed by atoms with Crippen LogP contribution in [0.4, 0.5) is 11.4 Å². The minimum atomic E-state index is 0.141. The van der Waals surface area contributed by atoms with Gasteiger partial charge in [0.15, 0.2) is 0 Å². The number of carbonyl (C=O) groups excluding carboxylic acids is 1. The van der Waals surface area contributed by atoms with Gasteiger partial charge >= 0.3 is 0 Å². The van der Waals surface area contributed by atoms with Crippen LogP contribution in [0.2, 0.25) is 0 Å². The van der Waals surface area contributed by atoms with Gasteiger partial charge in [-0.15, -0.1) is 0 Å². The average molecular weight is 353 g/mol. The Labute approximate surface area is 155 Å². The Morgan fingerprint density at radius 1 is 1.08 bits per heavy atom. The van der Waals surface area contributed by atoms with Gasteiger partial charge in [0.05, 0.1) is 13.2 Å². The minimum Gasteiger partial charge on any atom is -0.494 e. The predicted molar refractivity (Wildman–Crippen MR) is 106 cm³/mol. The van der Waals surface area contributed by atoms with Crippen LogP contribution < -0.4 is 15.0 Å². The lowest BCUT2D eigenvalue weighted by molar-refractivity contribution is -0.129. The van der Waals surface area contributed by atoms with E-state index in [-0.39, 0.29) is 5.91 Å². The molecule has 1 saturated heterocycles. The molecule has 1 fully saturated rings. The molecule has 0 atom stereocenters. The number of nitrogens with zero attached hydrogens (tertiary/aromatic N) is 2. The van der Waals surface area contributed by atoms with Crippen molar-refractivity contribution in [2.75, 3.05) is 49.5 Å². The standard InChI is InChI=1S/C21H27N3O2/c1-3-26-20-9-7-18(8-10-20)22-16-21(25)24-13-11-23(12-14-24)19-6-4-5-17(2)15-19/h4-10,15,22H,3,11-14,16H2,1-2H3. The van der Waals surface area contributed by atoms with Gasteiger partial charge in [0.2, 0.25) is 5.91 Å². The number of piperazine rings is 1. The molecule has 138 valence electrons. The van der Waals surface area contributed by atoms with Gasteiger partial charge in [0.25, 0.3) is 0 Å². The fraction of sp³-hybridized carbons (Fsp3) is 0.381. The van der Waals surface area contributed by atoms with E-state index in [1.807, 2.05) is 36.1 Å². The molecule has 0 aliphatic carbocycles. The molecule has 0 aromatic heterocycles. The Bertz CT molecular complexity index is 722. The summed E-state index contributed by atoms with van der Waals surface area (Å²) < 4.78 is 5.43. The van der Waals surface area contributed by atoms with Gasteiger partial charge in [-0.05, 0) is 55.8 Å². The van der Waals surface area contributed by atoms with Crippen LogP contribution in [0.15, 0.2) is 48.5 Å². The second-order valence-electron chi connectivity index (χ2n) is 6.52. The fourth-order valence-corrected chi connectivity index (χ4v) is 3.16. The van der Waals surface area contributed by atoms with Crippen molar-refractivity contribution >= 4 is 17.3 Å². The molecule has 3 rings (SSSR count). The van der Waals surface area contributed by atoms with Crippen LogP contribution in [0.25, 0.3) is 0 Å². The molecule has 2 aromatic carbocycles. The van der Waals surface area contributed by atoms with Crippen molar-refractivity contribution in [3.8, 4) is 5.75 Å². The first-order valence-electron chi connectivity index (χ1n) is 9.22. The Morgan fingerprint density at radius 2 is 1.81 bits per heavy atom. The van der Waals surface area contributed by atoms with Crippen molar-refractivity contribution in [2.45, 2.75) is 13.8 Å². The van der Waals surface area contributed by atoms with Crippen LogP contribution in [0.1, 0.15) is 12.5 Å². The third-order valence-electron chi connectivity index (χ3n) is 4.61. The molecular weight excluding hydrogens is 326 g/mol. The highest BCUT2D eigenvalue weighted by Crippen LogP contribution is 2.18. The Hall–Kier alpha value is -2.69. The third-order valence-corrected chi connectivity index (χ3v) is 4.61. The maximum absolute atomic E-state index is 12.5. The quantitative estimate of drug-likeness (QED) is 0.866. The van der Waals surface area contributed by atoms with Crippen molar-refractivity contribution in [3.63, 3.8) is 0 Å². The molecule has 26 heavy (non-hydrogen) atoms. The van der Waals surface area contributed by atoms with E-state index in [1.165, 1.54) is 11.3 Å². The van der Waals surface area contributed by atoms with Crippen LogP contribution >= 0.6 is 0 Å². The highest BCUT2D eigenvalue weighted by atomic mass is 16.5. The maximum Gasteiger partial charge on any atom is 0.241 e. The molecule has 0 bridgehead atoms. The van der Waals surface area contributed by atoms with Crippen LogP contribution in [0.5, 0.6) is 5.75 Å². The summed E-state index contributed by atoms with van der Waals surface area (Å²) in [6, 6.07) is 16.2. The molecule has 1 N–H and O–H groups in total. The van der Waals surface area contributed by atoms with Crippen molar-refractivity contribution in [3.05, 3.63) is 54.1 Å². The number of nitrogens with one attached hydrogen (secondary N) is 1. The summed E-state index contributed by atoms with van der Waals surface area (Å²) in [7, 11) is 0. The molecule has 5 nitrogen and oxygen atoms in total. The van der Waals surface area contributed by atoms with E-state index in [9.17, 15) is 4.79 Å². The lowest BCUT2D eigenvalue weighted by atomic mass is 10.2. The highest BCUT2D eigenvalue weighted by molar-refractivity contribution is 5.81. The van der Waals surface area contributed by atoms with E-state index in [2.05, 4.69) is 41.4 Å². The summed E-state index contributed by atoms with van der Waals surface area (Å²) in [6.45, 7) is 8.31. The zero-order valence-electron chi connectivity index (χ0n) is 15.6. The Morgan fingerprint density at radius 3 is 2.46 bits per heavy atom. The van der Waals surface area contributed by atoms with E-state index in [1.54, 1.807) is 0 Å². The van der Waals surface area contributed by atoms with Gasteiger partial charge in [0.1, 0.15) is 5.75 Å². The molecule has 1 heterocycles. The minimum absolute atomic E-state index is 0.141. The summed E-state index contributed by atoms with van der Waals surface area (Å²) >= 11 is 0. The SMILES string of the molecule is CCOc1ccc(NCC(=O)N2CCN(c3cccc(C)c3)CC2)cc1. The molecule has 0 radical (unpaired) electrons. The summed E-state index contributed by atoms with van der Waals surface area (Å²) in [4.78, 5) is 16.7. The fourth-order valence-electron chi connectivity index (χ4n) is 3.16. The number of hydrogen-bond acceptors (Lipinski definition) is 4. The van der Waals surface area contributed by atoms with Gasteiger partial charge in [-0.2, -0.15) is 0 Å². The average Bonchev–Trinajstić information content (AvgIpc) is 2.67. The van der Waals surface area contributed by atoms with Crippen LogP contribution in [0.3, 0.4) is 0 Å². The molecule has 1 aliphatic rings. The third kappa shape index (κ3) is 4.69. The molecule has 0 saturated carbocycles. The molecule has 1 aliphatic heterocycles. The Kier molecular flexibility index (Phi) is 6.00. The Balaban J connectivity index is 1.46. The molecular formula is C21H27N3O2. The number of ether oxygens (including phenoxy) is 1. The maximum atomic E-state index is 12.5. The summed E-state index contributed by atoms with van der Waals surface area (Å²) in [5, 5.41) is 3.20. The first kappa shape index (κ1) is 18.1. The van der Waals surface area contributed by atoms with Gasteiger partial charge in [-0.1, -0.05) is 12.1 Å². The number of benzene rings is 2. The van der Waals surface area contributed by atoms with Gasteiger partial charge in [0, 0.05) is 37.6 Å². The van der Waals surface area contributed by atoms with E-state index >= 15 is 0 Å². The monoisotopic (exact) mass is 353 g/mol. The van der Waals surface area contributed by atoms with E-state index in [0.29, 0.717) is 13.2 Å². The van der Waals surface area contributed by atoms with E-state index in [0.717, 1.165) is 37.6 Å². The molecule has 5 heteroatoms. The number of hydrogen-bond donors (Lipinski definition) is 1. The zero-order chi connectivity index (χ0) is 18.4. The van der Waals surface area contributed by atoms with Gasteiger partial charge in [-0.25, -0.2) is 0 Å². The molecule has 2 aromatic rings. The van der Waals surface area contributed by atoms with E-state index in [4.69, 9.17) is 4.74 Å². The van der Waals surface area contributed by atoms with Crippen molar-refractivity contribution in [2.24, 2.45) is 0 Å². The summed E-state index contributed by atoms with van der Waals surface area (Å²) in [5.41, 5.74) is 3.44. The summed E-state index contributed by atoms with van der Waals surface area (Å²) in [6.07, 6.45) is 0. The van der Waals surface area contributed by atoms with Crippen LogP contribution in [-0.4, -0.2) is 50.1 Å². The molecule has 0 unspecified atom stereocenters. The molecule has 1 amide bonds. The number of rotatable bonds is 6. The normalized spacial score (nSPS) is 14.2. The van der Waals surface area contributed by atoms with Crippen LogP contribution in [-0.2, 0) is 4.79 Å². The number of amides is 1. The number of aryl methyl sites for hydroxylation is 1. The number of anilines is 2. The molecule has 0 spiro atoms.